The van der Waals surface area contributed by atoms with Crippen molar-refractivity contribution in [1.29, 1.82) is 0 Å². The Morgan fingerprint density at radius 2 is 1.97 bits per heavy atom. The zero-order valence-electron chi connectivity index (χ0n) is 16.4. The van der Waals surface area contributed by atoms with E-state index in [1.165, 1.54) is 18.3 Å². The van der Waals surface area contributed by atoms with Gasteiger partial charge in [0.1, 0.15) is 5.69 Å². The minimum absolute atomic E-state index is 0.0933. The number of aromatic nitrogens is 2. The van der Waals surface area contributed by atoms with Gasteiger partial charge < -0.3 is 5.32 Å². The first-order valence-electron chi connectivity index (χ1n) is 9.86. The fourth-order valence-corrected chi connectivity index (χ4v) is 4.79. The Kier molecular flexibility index (Phi) is 4.68. The molecule has 0 radical (unpaired) electrons. The van der Waals surface area contributed by atoms with E-state index >= 15 is 0 Å². The molecule has 2 heterocycles. The largest absolute Gasteiger partial charge is 0.348 e. The topological polar surface area (TPSA) is 101 Å². The van der Waals surface area contributed by atoms with Gasteiger partial charge in [0.2, 0.25) is 0 Å². The third kappa shape index (κ3) is 3.88. The Labute approximate surface area is 180 Å². The van der Waals surface area contributed by atoms with E-state index in [0.29, 0.717) is 40.5 Å². The van der Waals surface area contributed by atoms with Crippen LogP contribution in [0, 0.1) is 11.8 Å². The highest BCUT2D eigenvalue weighted by atomic mass is 32.2. The summed E-state index contributed by atoms with van der Waals surface area (Å²) in [7, 11) is -3.86. The fourth-order valence-electron chi connectivity index (χ4n) is 3.65. The van der Waals surface area contributed by atoms with E-state index in [2.05, 4.69) is 31.8 Å². The van der Waals surface area contributed by atoms with Crippen molar-refractivity contribution in [3.63, 3.8) is 0 Å². The molecule has 2 aliphatic rings. The Balaban J connectivity index is 1.45. The molecular formula is C23H18N4O3S. The van der Waals surface area contributed by atoms with Crippen molar-refractivity contribution < 1.29 is 13.2 Å². The summed E-state index contributed by atoms with van der Waals surface area (Å²) in [6.45, 7) is 0.316. The van der Waals surface area contributed by atoms with Gasteiger partial charge >= 0.3 is 0 Å². The molecule has 1 aromatic heterocycles. The predicted molar refractivity (Wildman–Crippen MR) is 115 cm³/mol. The second-order valence-electron chi connectivity index (χ2n) is 7.49. The third-order valence-corrected chi connectivity index (χ3v) is 6.67. The van der Waals surface area contributed by atoms with Gasteiger partial charge in [0.15, 0.2) is 0 Å². The average Bonchev–Trinajstić information content (AvgIpc) is 3.55. The molecule has 154 valence electrons. The first-order valence-corrected chi connectivity index (χ1v) is 11.3. The maximum atomic E-state index is 13.1. The molecule has 1 fully saturated rings. The number of hydrogen-bond acceptors (Lipinski definition) is 5. The minimum atomic E-state index is -3.86. The lowest BCUT2D eigenvalue weighted by molar-refractivity contribution is 0.0965. The highest BCUT2D eigenvalue weighted by Gasteiger charge is 2.34. The van der Waals surface area contributed by atoms with Crippen molar-refractivity contribution in [3.8, 4) is 11.8 Å². The van der Waals surface area contributed by atoms with Crippen molar-refractivity contribution in [1.82, 2.24) is 15.3 Å². The molecule has 0 unspecified atom stereocenters. The number of nitrogens with zero attached hydrogens (tertiary/aromatic N) is 2. The molecule has 0 atom stereocenters. The molecule has 1 saturated carbocycles. The van der Waals surface area contributed by atoms with Gasteiger partial charge in [0.25, 0.3) is 15.9 Å². The minimum Gasteiger partial charge on any atom is -0.348 e. The van der Waals surface area contributed by atoms with Crippen LogP contribution in [0.15, 0.2) is 59.9 Å². The molecule has 1 aliphatic carbocycles. The second kappa shape index (κ2) is 7.52. The van der Waals surface area contributed by atoms with Gasteiger partial charge in [0, 0.05) is 35.6 Å². The van der Waals surface area contributed by atoms with Crippen LogP contribution in [0.4, 0.5) is 5.69 Å². The Morgan fingerprint density at radius 3 is 2.74 bits per heavy atom. The zero-order valence-corrected chi connectivity index (χ0v) is 17.2. The average molecular weight is 430 g/mol. The Morgan fingerprint density at radius 1 is 1.10 bits per heavy atom. The summed E-state index contributed by atoms with van der Waals surface area (Å²) in [5.74, 6) is 6.04. The molecule has 0 bridgehead atoms. The molecule has 0 spiro atoms. The normalized spacial score (nSPS) is 14.9. The summed E-state index contributed by atoms with van der Waals surface area (Å²) in [5.41, 5.74) is 3.79. The molecule has 0 saturated heterocycles. The van der Waals surface area contributed by atoms with Crippen molar-refractivity contribution in [2.75, 3.05) is 4.72 Å². The van der Waals surface area contributed by atoms with Gasteiger partial charge in [-0.05, 0) is 54.5 Å². The van der Waals surface area contributed by atoms with E-state index in [4.69, 9.17) is 0 Å². The molecule has 7 nitrogen and oxygen atoms in total. The van der Waals surface area contributed by atoms with Crippen LogP contribution in [0.3, 0.4) is 0 Å². The molecule has 5 rings (SSSR count). The molecule has 3 aromatic rings. The summed E-state index contributed by atoms with van der Waals surface area (Å²) in [4.78, 5) is 20.5. The number of sulfonamides is 1. The second-order valence-corrected chi connectivity index (χ2v) is 9.17. The maximum Gasteiger partial charge on any atom is 0.261 e. The standard InChI is InChI=1S/C23H18N4O3S/c28-23-22-19(16-5-6-16)8-9-21(20(22)14-26-23)27-31(29,30)18-3-1-2-15(12-18)4-7-17-13-24-10-11-25-17/h1-3,8-13,16,27H,5-6,14H2,(H,26,28). The van der Waals surface area contributed by atoms with Gasteiger partial charge in [-0.2, -0.15) is 0 Å². The number of anilines is 1. The van der Waals surface area contributed by atoms with Crippen molar-refractivity contribution in [3.05, 3.63) is 82.9 Å². The van der Waals surface area contributed by atoms with Gasteiger partial charge in [-0.25, -0.2) is 13.4 Å². The summed E-state index contributed by atoms with van der Waals surface area (Å²) >= 11 is 0. The van der Waals surface area contributed by atoms with Gasteiger partial charge in [-0.1, -0.05) is 18.1 Å². The number of amides is 1. The highest BCUT2D eigenvalue weighted by molar-refractivity contribution is 7.92. The number of fused-ring (bicyclic) bond motifs is 1. The number of carbonyl (C=O) groups excluding carboxylic acids is 1. The van der Waals surface area contributed by atoms with Crippen LogP contribution in [0.5, 0.6) is 0 Å². The Hall–Kier alpha value is -3.70. The quantitative estimate of drug-likeness (QED) is 0.620. The molecule has 8 heteroatoms. The van der Waals surface area contributed by atoms with E-state index in [1.807, 2.05) is 6.07 Å². The number of carbonyl (C=O) groups is 1. The lowest BCUT2D eigenvalue weighted by atomic mass is 9.98. The van der Waals surface area contributed by atoms with Crippen LogP contribution in [-0.2, 0) is 16.6 Å². The van der Waals surface area contributed by atoms with E-state index in [0.717, 1.165) is 18.4 Å². The summed E-state index contributed by atoms with van der Waals surface area (Å²) in [6, 6.07) is 10.0. The summed E-state index contributed by atoms with van der Waals surface area (Å²) in [6.07, 6.45) is 6.76. The lowest BCUT2D eigenvalue weighted by Crippen LogP contribution is -2.15. The van der Waals surface area contributed by atoms with Crippen LogP contribution in [0.25, 0.3) is 0 Å². The highest BCUT2D eigenvalue weighted by Crippen LogP contribution is 2.44. The van der Waals surface area contributed by atoms with Gasteiger partial charge in [0.05, 0.1) is 16.8 Å². The number of rotatable bonds is 4. The summed E-state index contributed by atoms with van der Waals surface area (Å²) in [5, 5.41) is 2.81. The summed E-state index contributed by atoms with van der Waals surface area (Å²) < 4.78 is 28.8. The number of nitrogens with one attached hydrogen (secondary N) is 2. The van der Waals surface area contributed by atoms with Crippen molar-refractivity contribution in [2.24, 2.45) is 0 Å². The third-order valence-electron chi connectivity index (χ3n) is 5.30. The van der Waals surface area contributed by atoms with Gasteiger partial charge in [-0.3, -0.25) is 14.5 Å². The molecule has 2 aromatic carbocycles. The van der Waals surface area contributed by atoms with Crippen LogP contribution in [0.2, 0.25) is 0 Å². The number of benzene rings is 2. The lowest BCUT2D eigenvalue weighted by Gasteiger charge is -2.13. The first kappa shape index (κ1) is 19.3. The maximum absolute atomic E-state index is 13.1. The monoisotopic (exact) mass is 430 g/mol. The fraction of sp³-hybridized carbons (Fsp3) is 0.174. The zero-order chi connectivity index (χ0) is 21.4. The SMILES string of the molecule is O=C1NCc2c(NS(=O)(=O)c3cccc(C#Cc4cnccn4)c3)ccc(C3CC3)c21. The van der Waals surface area contributed by atoms with E-state index in [1.54, 1.807) is 30.6 Å². The molecule has 1 aliphatic heterocycles. The molecule has 31 heavy (non-hydrogen) atoms. The van der Waals surface area contributed by atoms with Crippen LogP contribution in [-0.4, -0.2) is 24.3 Å². The van der Waals surface area contributed by atoms with Crippen molar-refractivity contribution >= 4 is 21.6 Å². The van der Waals surface area contributed by atoms with Gasteiger partial charge in [-0.15, -0.1) is 0 Å². The predicted octanol–water partition coefficient (Wildman–Crippen LogP) is 2.80. The smallest absolute Gasteiger partial charge is 0.261 e. The van der Waals surface area contributed by atoms with Crippen LogP contribution in [0.1, 0.15) is 51.5 Å². The van der Waals surface area contributed by atoms with Crippen LogP contribution < -0.4 is 10.0 Å². The van der Waals surface area contributed by atoms with E-state index < -0.39 is 10.0 Å². The number of hydrogen-bond donors (Lipinski definition) is 2. The Bertz CT molecular complexity index is 1350. The van der Waals surface area contributed by atoms with E-state index in [9.17, 15) is 13.2 Å². The molecular weight excluding hydrogens is 412 g/mol. The first-order chi connectivity index (χ1) is 15.0. The molecule has 2 N–H and O–H groups in total. The van der Waals surface area contributed by atoms with Crippen LogP contribution >= 0.6 is 0 Å². The molecule has 1 amide bonds. The van der Waals surface area contributed by atoms with Crippen molar-refractivity contribution in [2.45, 2.75) is 30.2 Å². The van der Waals surface area contributed by atoms with E-state index in [-0.39, 0.29) is 10.8 Å².